The monoisotopic (exact) mass is 540 g/mol. The Hall–Kier alpha value is -3.61. The minimum Gasteiger partial charge on any atom is -0.494 e. The number of furan rings is 1. The van der Waals surface area contributed by atoms with Crippen LogP contribution in [0.4, 0.5) is 5.95 Å². The molecule has 4 aromatic rings. The van der Waals surface area contributed by atoms with Gasteiger partial charge in [0.05, 0.1) is 32.7 Å². The fourth-order valence-corrected chi connectivity index (χ4v) is 4.51. The third kappa shape index (κ3) is 6.09. The summed E-state index contributed by atoms with van der Waals surface area (Å²) in [5.74, 6) is 4.03. The Balaban J connectivity index is 1.68. The molecule has 3 aromatic heterocycles. The highest BCUT2D eigenvalue weighted by atomic mass is 32.2. The van der Waals surface area contributed by atoms with Gasteiger partial charge >= 0.3 is 0 Å². The Morgan fingerprint density at radius 1 is 0.974 bits per heavy atom. The van der Waals surface area contributed by atoms with Gasteiger partial charge in [-0.05, 0) is 62.5 Å². The standard InChI is InChI=1S/C26H32N6O5S/c1-16-14-27-24(28-15-16)23(36-13-12-33-4)18(3)38-31-26-30-29-25(21-11-10-17(2)37-21)32(26)22-19(34-5)8-7-9-20(22)35-6/h7-11,14-15,18,23H,12-13H2,1-6H3,(H,30,31). The van der Waals surface area contributed by atoms with E-state index in [1.54, 1.807) is 33.7 Å². The second-order valence-corrected chi connectivity index (χ2v) is 9.62. The normalized spacial score (nSPS) is 12.8. The van der Waals surface area contributed by atoms with Gasteiger partial charge in [-0.3, -0.25) is 9.29 Å². The lowest BCUT2D eigenvalue weighted by atomic mass is 10.2. The van der Waals surface area contributed by atoms with E-state index in [4.69, 9.17) is 23.4 Å². The van der Waals surface area contributed by atoms with Crippen LogP contribution in [0, 0.1) is 13.8 Å². The number of hydrogen-bond acceptors (Lipinski definition) is 11. The fourth-order valence-electron chi connectivity index (χ4n) is 3.76. The van der Waals surface area contributed by atoms with E-state index in [0.717, 1.165) is 11.3 Å². The number of para-hydroxylation sites is 1. The SMILES string of the molecule is COCCOC(c1ncc(C)cn1)C(C)SNc1nnc(-c2ccc(C)o2)n1-c1c(OC)cccc1OC. The van der Waals surface area contributed by atoms with Crippen molar-refractivity contribution in [3.05, 3.63) is 59.9 Å². The molecule has 12 heteroatoms. The van der Waals surface area contributed by atoms with Gasteiger partial charge in [0.1, 0.15) is 29.1 Å². The van der Waals surface area contributed by atoms with Gasteiger partial charge in [0.15, 0.2) is 11.6 Å². The molecule has 0 bridgehead atoms. The lowest BCUT2D eigenvalue weighted by Crippen LogP contribution is -2.22. The Kier molecular flexibility index (Phi) is 9.21. The zero-order valence-electron chi connectivity index (χ0n) is 22.3. The molecule has 0 saturated heterocycles. The number of rotatable bonds is 13. The Labute approximate surface area is 226 Å². The molecular weight excluding hydrogens is 508 g/mol. The lowest BCUT2D eigenvalue weighted by Gasteiger charge is -2.23. The first-order chi connectivity index (χ1) is 18.5. The number of ether oxygens (including phenoxy) is 4. The molecule has 38 heavy (non-hydrogen) atoms. The zero-order chi connectivity index (χ0) is 27.1. The summed E-state index contributed by atoms with van der Waals surface area (Å²) in [6.07, 6.45) is 3.16. The molecule has 0 amide bonds. The minimum absolute atomic E-state index is 0.117. The first kappa shape index (κ1) is 27.4. The lowest BCUT2D eigenvalue weighted by molar-refractivity contribution is 0.0131. The maximum Gasteiger partial charge on any atom is 0.239 e. The molecule has 2 atom stereocenters. The fraction of sp³-hybridized carbons (Fsp3) is 0.385. The molecule has 3 heterocycles. The molecule has 1 N–H and O–H groups in total. The van der Waals surface area contributed by atoms with Crippen molar-refractivity contribution in [2.45, 2.75) is 32.1 Å². The van der Waals surface area contributed by atoms with Crippen LogP contribution < -0.4 is 14.2 Å². The third-order valence-corrected chi connectivity index (χ3v) is 6.57. The third-order valence-electron chi connectivity index (χ3n) is 5.65. The number of hydrogen-bond donors (Lipinski definition) is 1. The Bertz CT molecular complexity index is 1300. The second-order valence-electron chi connectivity index (χ2n) is 8.43. The summed E-state index contributed by atoms with van der Waals surface area (Å²) in [7, 11) is 4.84. The molecule has 202 valence electrons. The van der Waals surface area contributed by atoms with E-state index in [9.17, 15) is 0 Å². The van der Waals surface area contributed by atoms with Gasteiger partial charge in [0, 0.05) is 19.5 Å². The molecular formula is C26H32N6O5S. The van der Waals surface area contributed by atoms with E-state index in [2.05, 4.69) is 24.9 Å². The highest BCUT2D eigenvalue weighted by Gasteiger charge is 2.27. The van der Waals surface area contributed by atoms with E-state index < -0.39 is 6.10 Å². The predicted molar refractivity (Wildman–Crippen MR) is 145 cm³/mol. The summed E-state index contributed by atoms with van der Waals surface area (Å²) in [4.78, 5) is 8.99. The zero-order valence-corrected chi connectivity index (χ0v) is 23.1. The number of anilines is 1. The second kappa shape index (κ2) is 12.8. The van der Waals surface area contributed by atoms with Crippen LogP contribution in [0.5, 0.6) is 11.5 Å². The van der Waals surface area contributed by atoms with E-state index in [0.29, 0.717) is 53.8 Å². The molecule has 4 rings (SSSR count). The molecule has 0 saturated carbocycles. The molecule has 0 radical (unpaired) electrons. The summed E-state index contributed by atoms with van der Waals surface area (Å²) in [6.45, 7) is 6.71. The number of nitrogens with one attached hydrogen (secondary N) is 1. The van der Waals surface area contributed by atoms with Crippen molar-refractivity contribution in [1.29, 1.82) is 0 Å². The maximum atomic E-state index is 6.12. The van der Waals surface area contributed by atoms with Crippen LogP contribution in [-0.4, -0.2) is 64.5 Å². The quantitative estimate of drug-likeness (QED) is 0.186. The van der Waals surface area contributed by atoms with E-state index in [1.165, 1.54) is 11.9 Å². The first-order valence-corrected chi connectivity index (χ1v) is 12.9. The molecule has 0 fully saturated rings. The van der Waals surface area contributed by atoms with Gasteiger partial charge in [-0.2, -0.15) is 0 Å². The van der Waals surface area contributed by atoms with Crippen molar-refractivity contribution < 1.29 is 23.4 Å². The molecule has 1 aromatic carbocycles. The van der Waals surface area contributed by atoms with Gasteiger partial charge in [-0.1, -0.05) is 6.07 Å². The van der Waals surface area contributed by atoms with Gasteiger partial charge in [-0.25, -0.2) is 9.97 Å². The number of aryl methyl sites for hydroxylation is 2. The summed E-state index contributed by atoms with van der Waals surface area (Å²) in [5, 5.41) is 8.76. The summed E-state index contributed by atoms with van der Waals surface area (Å²) >= 11 is 1.41. The van der Waals surface area contributed by atoms with Crippen LogP contribution in [0.1, 0.15) is 30.2 Å². The van der Waals surface area contributed by atoms with Gasteiger partial charge in [-0.15, -0.1) is 10.2 Å². The summed E-state index contributed by atoms with van der Waals surface area (Å²) < 4.78 is 33.7. The number of benzene rings is 1. The van der Waals surface area contributed by atoms with E-state index in [1.807, 2.05) is 55.7 Å². The predicted octanol–water partition coefficient (Wildman–Crippen LogP) is 4.80. The highest BCUT2D eigenvalue weighted by molar-refractivity contribution is 8.01. The summed E-state index contributed by atoms with van der Waals surface area (Å²) in [6, 6.07) is 9.29. The van der Waals surface area contributed by atoms with Crippen LogP contribution in [-0.2, 0) is 9.47 Å². The van der Waals surface area contributed by atoms with Gasteiger partial charge in [0.25, 0.3) is 0 Å². The topological polar surface area (TPSA) is 119 Å². The maximum absolute atomic E-state index is 6.12. The number of aromatic nitrogens is 5. The van der Waals surface area contributed by atoms with Crippen molar-refractivity contribution in [2.24, 2.45) is 0 Å². The van der Waals surface area contributed by atoms with Crippen molar-refractivity contribution in [3.8, 4) is 28.8 Å². The van der Waals surface area contributed by atoms with E-state index >= 15 is 0 Å². The summed E-state index contributed by atoms with van der Waals surface area (Å²) in [5.41, 5.74) is 1.61. The molecule has 0 aliphatic carbocycles. The molecule has 0 aliphatic rings. The van der Waals surface area contributed by atoms with Crippen LogP contribution in [0.25, 0.3) is 17.3 Å². The van der Waals surface area contributed by atoms with Crippen LogP contribution in [0.15, 0.2) is 47.1 Å². The van der Waals surface area contributed by atoms with Crippen molar-refractivity contribution in [1.82, 2.24) is 24.7 Å². The number of methoxy groups -OCH3 is 3. The van der Waals surface area contributed by atoms with Crippen molar-refractivity contribution in [2.75, 3.05) is 39.3 Å². The molecule has 0 spiro atoms. The minimum atomic E-state index is -0.396. The number of nitrogens with zero attached hydrogens (tertiary/aromatic N) is 5. The molecule has 11 nitrogen and oxygen atoms in total. The van der Waals surface area contributed by atoms with Crippen LogP contribution in [0.3, 0.4) is 0 Å². The Morgan fingerprint density at radius 3 is 2.29 bits per heavy atom. The van der Waals surface area contributed by atoms with Gasteiger partial charge in [0.2, 0.25) is 11.8 Å². The largest absolute Gasteiger partial charge is 0.494 e. The first-order valence-electron chi connectivity index (χ1n) is 12.0. The molecule has 0 aliphatic heterocycles. The highest BCUT2D eigenvalue weighted by Crippen LogP contribution is 2.39. The van der Waals surface area contributed by atoms with Crippen LogP contribution in [0.2, 0.25) is 0 Å². The van der Waals surface area contributed by atoms with Crippen molar-refractivity contribution in [3.63, 3.8) is 0 Å². The smallest absolute Gasteiger partial charge is 0.239 e. The van der Waals surface area contributed by atoms with E-state index in [-0.39, 0.29) is 5.25 Å². The Morgan fingerprint density at radius 2 is 1.68 bits per heavy atom. The molecule has 2 unspecified atom stereocenters. The van der Waals surface area contributed by atoms with Crippen LogP contribution >= 0.6 is 11.9 Å². The average Bonchev–Trinajstić information content (AvgIpc) is 3.55. The average molecular weight is 541 g/mol. The van der Waals surface area contributed by atoms with Gasteiger partial charge < -0.3 is 23.4 Å². The van der Waals surface area contributed by atoms with Crippen molar-refractivity contribution >= 4 is 17.9 Å².